The molecule has 19 heavy (non-hydrogen) atoms. The van der Waals surface area contributed by atoms with Gasteiger partial charge in [0.15, 0.2) is 0 Å². The van der Waals surface area contributed by atoms with E-state index in [2.05, 4.69) is 5.32 Å². The van der Waals surface area contributed by atoms with Gasteiger partial charge in [0, 0.05) is 18.5 Å². The Kier molecular flexibility index (Phi) is 6.80. The predicted octanol–water partition coefficient (Wildman–Crippen LogP) is 1.95. The van der Waals surface area contributed by atoms with E-state index in [4.69, 9.17) is 5.73 Å². The highest BCUT2D eigenvalue weighted by Crippen LogP contribution is 2.27. The molecule has 1 aliphatic carbocycles. The summed E-state index contributed by atoms with van der Waals surface area (Å²) in [5, 5.41) is 13.2. The lowest BCUT2D eigenvalue weighted by Crippen LogP contribution is -2.45. The minimum absolute atomic E-state index is 0.00550. The average molecular weight is 270 g/mol. The molecule has 0 heterocycles. The van der Waals surface area contributed by atoms with Crippen LogP contribution in [0, 0.1) is 5.92 Å². The molecule has 1 saturated carbocycles. The summed E-state index contributed by atoms with van der Waals surface area (Å²) in [7, 11) is 0. The van der Waals surface area contributed by atoms with Crippen LogP contribution in [0.2, 0.25) is 0 Å². The van der Waals surface area contributed by atoms with E-state index in [0.29, 0.717) is 6.54 Å². The third-order valence-corrected chi connectivity index (χ3v) is 4.12. The highest BCUT2D eigenvalue weighted by molar-refractivity contribution is 5.78. The van der Waals surface area contributed by atoms with Crippen molar-refractivity contribution in [3.63, 3.8) is 0 Å². The Bertz CT molecular complexity index is 273. The molecule has 0 bridgehead atoms. The molecule has 1 fully saturated rings. The molecule has 2 atom stereocenters. The van der Waals surface area contributed by atoms with Gasteiger partial charge in [0.2, 0.25) is 5.91 Å². The lowest BCUT2D eigenvalue weighted by Gasteiger charge is -2.32. The fraction of sp³-hybridized carbons (Fsp3) is 0.933. The van der Waals surface area contributed by atoms with E-state index in [-0.39, 0.29) is 17.9 Å². The smallest absolute Gasteiger partial charge is 0.222 e. The van der Waals surface area contributed by atoms with Crippen molar-refractivity contribution in [3.8, 4) is 0 Å². The number of nitrogens with one attached hydrogen (secondary N) is 1. The summed E-state index contributed by atoms with van der Waals surface area (Å²) >= 11 is 0. The van der Waals surface area contributed by atoms with Gasteiger partial charge >= 0.3 is 0 Å². The van der Waals surface area contributed by atoms with Crippen molar-refractivity contribution < 1.29 is 9.90 Å². The molecule has 0 aromatic rings. The van der Waals surface area contributed by atoms with Gasteiger partial charge in [-0.25, -0.2) is 0 Å². The Balaban J connectivity index is 2.22. The first-order valence-electron chi connectivity index (χ1n) is 7.69. The molecule has 2 unspecified atom stereocenters. The number of aliphatic hydroxyl groups is 1. The SMILES string of the molecule is CC(N)CCCC(C)C(=O)NCC1(O)CCCCC1. The Morgan fingerprint density at radius 1 is 1.26 bits per heavy atom. The van der Waals surface area contributed by atoms with E-state index in [0.717, 1.165) is 44.9 Å². The molecule has 1 aliphatic rings. The molecule has 4 nitrogen and oxygen atoms in total. The molecule has 0 spiro atoms. The zero-order valence-corrected chi connectivity index (χ0v) is 12.5. The van der Waals surface area contributed by atoms with Crippen LogP contribution in [0.3, 0.4) is 0 Å². The van der Waals surface area contributed by atoms with Crippen LogP contribution in [0.1, 0.15) is 65.2 Å². The minimum Gasteiger partial charge on any atom is -0.388 e. The Morgan fingerprint density at radius 3 is 2.47 bits per heavy atom. The summed E-state index contributed by atoms with van der Waals surface area (Å²) < 4.78 is 0. The first kappa shape index (κ1) is 16.4. The van der Waals surface area contributed by atoms with Crippen molar-refractivity contribution >= 4 is 5.91 Å². The van der Waals surface area contributed by atoms with Crippen molar-refractivity contribution in [2.24, 2.45) is 11.7 Å². The standard InChI is InChI=1S/C15H30N2O2/c1-12(7-6-8-13(2)16)14(18)17-11-15(19)9-4-3-5-10-15/h12-13,19H,3-11,16H2,1-2H3,(H,17,18). The lowest BCUT2D eigenvalue weighted by molar-refractivity contribution is -0.126. The summed E-state index contributed by atoms with van der Waals surface area (Å²) in [4.78, 5) is 12.0. The predicted molar refractivity (Wildman–Crippen MR) is 77.7 cm³/mol. The van der Waals surface area contributed by atoms with Gasteiger partial charge in [-0.1, -0.05) is 32.6 Å². The van der Waals surface area contributed by atoms with Gasteiger partial charge in [-0.2, -0.15) is 0 Å². The highest BCUT2D eigenvalue weighted by Gasteiger charge is 2.29. The summed E-state index contributed by atoms with van der Waals surface area (Å²) in [6, 6.07) is 0.207. The Labute approximate surface area is 117 Å². The number of hydrogen-bond acceptors (Lipinski definition) is 3. The molecule has 1 amide bonds. The minimum atomic E-state index is -0.667. The fourth-order valence-corrected chi connectivity index (χ4v) is 2.69. The quantitative estimate of drug-likeness (QED) is 0.662. The van der Waals surface area contributed by atoms with E-state index in [1.165, 1.54) is 6.42 Å². The molecule has 0 saturated heterocycles. The molecule has 112 valence electrons. The largest absolute Gasteiger partial charge is 0.388 e. The number of carbonyl (C=O) groups is 1. The van der Waals surface area contributed by atoms with Crippen LogP contribution < -0.4 is 11.1 Å². The molecule has 1 rings (SSSR count). The van der Waals surface area contributed by atoms with E-state index in [9.17, 15) is 9.90 Å². The third kappa shape index (κ3) is 6.39. The van der Waals surface area contributed by atoms with Crippen molar-refractivity contribution in [2.45, 2.75) is 76.9 Å². The number of carbonyl (C=O) groups excluding carboxylic acids is 1. The second-order valence-corrected chi connectivity index (χ2v) is 6.31. The van der Waals surface area contributed by atoms with Crippen molar-refractivity contribution in [2.75, 3.05) is 6.54 Å². The van der Waals surface area contributed by atoms with Gasteiger partial charge in [0.05, 0.1) is 5.60 Å². The summed E-state index contributed by atoms with van der Waals surface area (Å²) in [5.41, 5.74) is 5.03. The van der Waals surface area contributed by atoms with Crippen LogP contribution in [-0.2, 0) is 4.79 Å². The number of amides is 1. The Morgan fingerprint density at radius 2 is 1.89 bits per heavy atom. The van der Waals surface area contributed by atoms with Gasteiger partial charge in [0.1, 0.15) is 0 Å². The first-order chi connectivity index (χ1) is 8.93. The van der Waals surface area contributed by atoms with Crippen molar-refractivity contribution in [1.29, 1.82) is 0 Å². The van der Waals surface area contributed by atoms with Gasteiger partial charge in [-0.3, -0.25) is 4.79 Å². The van der Waals surface area contributed by atoms with Gasteiger partial charge in [-0.05, 0) is 32.6 Å². The second kappa shape index (κ2) is 7.85. The van der Waals surface area contributed by atoms with Gasteiger partial charge in [0.25, 0.3) is 0 Å². The van der Waals surface area contributed by atoms with E-state index in [1.54, 1.807) is 0 Å². The van der Waals surface area contributed by atoms with Crippen LogP contribution in [0.15, 0.2) is 0 Å². The van der Waals surface area contributed by atoms with Gasteiger partial charge in [-0.15, -0.1) is 0 Å². The topological polar surface area (TPSA) is 75.4 Å². The summed E-state index contributed by atoms with van der Waals surface area (Å²) in [6.07, 6.45) is 7.76. The number of rotatable bonds is 7. The van der Waals surface area contributed by atoms with Crippen molar-refractivity contribution in [1.82, 2.24) is 5.32 Å². The molecular weight excluding hydrogens is 240 g/mol. The van der Waals surface area contributed by atoms with Crippen LogP contribution >= 0.6 is 0 Å². The zero-order chi connectivity index (χ0) is 14.3. The van der Waals surface area contributed by atoms with Gasteiger partial charge < -0.3 is 16.2 Å². The molecular formula is C15H30N2O2. The third-order valence-electron chi connectivity index (χ3n) is 4.12. The van der Waals surface area contributed by atoms with Crippen LogP contribution in [0.5, 0.6) is 0 Å². The number of nitrogens with two attached hydrogens (primary N) is 1. The maximum absolute atomic E-state index is 12.0. The molecule has 4 heteroatoms. The summed E-state index contributed by atoms with van der Waals surface area (Å²) in [6.45, 7) is 4.34. The van der Waals surface area contributed by atoms with Crippen LogP contribution in [-0.4, -0.2) is 29.2 Å². The second-order valence-electron chi connectivity index (χ2n) is 6.31. The zero-order valence-electron chi connectivity index (χ0n) is 12.5. The fourth-order valence-electron chi connectivity index (χ4n) is 2.69. The molecule has 0 aliphatic heterocycles. The summed E-state index contributed by atoms with van der Waals surface area (Å²) in [5.74, 6) is 0.0645. The molecule has 0 aromatic carbocycles. The Hall–Kier alpha value is -0.610. The highest BCUT2D eigenvalue weighted by atomic mass is 16.3. The first-order valence-corrected chi connectivity index (χ1v) is 7.69. The van der Waals surface area contributed by atoms with E-state index < -0.39 is 5.60 Å². The average Bonchev–Trinajstić information content (AvgIpc) is 2.36. The van der Waals surface area contributed by atoms with E-state index >= 15 is 0 Å². The molecule has 4 N–H and O–H groups in total. The lowest BCUT2D eigenvalue weighted by atomic mass is 9.85. The normalized spacial score (nSPS) is 21.7. The van der Waals surface area contributed by atoms with Crippen LogP contribution in [0.4, 0.5) is 0 Å². The number of hydrogen-bond donors (Lipinski definition) is 3. The van der Waals surface area contributed by atoms with Crippen LogP contribution in [0.25, 0.3) is 0 Å². The van der Waals surface area contributed by atoms with Crippen molar-refractivity contribution in [3.05, 3.63) is 0 Å². The molecule has 0 radical (unpaired) electrons. The molecule has 0 aromatic heterocycles. The van der Waals surface area contributed by atoms with E-state index in [1.807, 2.05) is 13.8 Å². The monoisotopic (exact) mass is 270 g/mol. The maximum Gasteiger partial charge on any atom is 0.222 e. The maximum atomic E-state index is 12.0.